The summed E-state index contributed by atoms with van der Waals surface area (Å²) < 4.78 is 10.7. The van der Waals surface area contributed by atoms with Crippen LogP contribution in [0.4, 0.5) is 22.7 Å². The fraction of sp³-hybridized carbons (Fsp3) is 0.188. The van der Waals surface area contributed by atoms with Gasteiger partial charge in [-0.3, -0.25) is 4.79 Å². The summed E-state index contributed by atoms with van der Waals surface area (Å²) in [7, 11) is 0. The van der Waals surface area contributed by atoms with Crippen molar-refractivity contribution < 1.29 is 9.53 Å². The largest absolute Gasteiger partial charge is 0.461 e. The van der Waals surface area contributed by atoms with Gasteiger partial charge in [-0.25, -0.2) is 0 Å². The summed E-state index contributed by atoms with van der Waals surface area (Å²) in [4.78, 5) is 12.3. The molecule has 0 fully saturated rings. The van der Waals surface area contributed by atoms with E-state index in [1.807, 2.05) is 0 Å². The van der Waals surface area contributed by atoms with Crippen molar-refractivity contribution in [3.8, 4) is 0 Å². The molecule has 2 aromatic rings. The fourth-order valence-corrected chi connectivity index (χ4v) is 9.50. The lowest BCUT2D eigenvalue weighted by atomic mass is 10.1. The molecule has 12 heteroatoms. The van der Waals surface area contributed by atoms with Crippen molar-refractivity contribution in [2.45, 2.75) is 19.4 Å². The van der Waals surface area contributed by atoms with Gasteiger partial charge in [-0.2, -0.15) is 0 Å². The Morgan fingerprint density at radius 3 is 1.39 bits per heavy atom. The zero-order valence-electron chi connectivity index (χ0n) is 14.0. The first kappa shape index (κ1) is 25.7. The molecule has 8 N–H and O–H groups in total. The Kier molecular flexibility index (Phi) is 10.0. The second-order valence-corrected chi connectivity index (χ2v) is 12.1. The lowest BCUT2D eigenvalue weighted by Crippen LogP contribution is -2.13. The highest BCUT2D eigenvalue weighted by atomic mass is 127. The van der Waals surface area contributed by atoms with Crippen LogP contribution in [-0.2, 0) is 22.6 Å². The summed E-state index contributed by atoms with van der Waals surface area (Å²) in [5.41, 5.74) is 28.8. The van der Waals surface area contributed by atoms with Crippen LogP contribution >= 0.6 is 136 Å². The molecule has 0 heterocycles. The molecule has 0 aromatic heterocycles. The van der Waals surface area contributed by atoms with Crippen LogP contribution in [-0.4, -0.2) is 5.97 Å². The lowest BCUT2D eigenvalue weighted by Gasteiger charge is -2.16. The highest BCUT2D eigenvalue weighted by Gasteiger charge is 2.20. The molecule has 6 nitrogen and oxygen atoms in total. The maximum absolute atomic E-state index is 12.3. The molecule has 0 unspecified atom stereocenters. The van der Waals surface area contributed by atoms with Crippen LogP contribution in [0.5, 0.6) is 0 Å². The van der Waals surface area contributed by atoms with Gasteiger partial charge in [-0.15, -0.1) is 0 Å². The van der Waals surface area contributed by atoms with Crippen LogP contribution in [0.15, 0.2) is 0 Å². The monoisotopic (exact) mass is 1060 g/mol. The van der Waals surface area contributed by atoms with Crippen molar-refractivity contribution in [1.82, 2.24) is 0 Å². The van der Waals surface area contributed by atoms with Crippen molar-refractivity contribution >= 4 is 164 Å². The van der Waals surface area contributed by atoms with Crippen molar-refractivity contribution in [2.24, 2.45) is 0 Å². The zero-order chi connectivity index (χ0) is 21.3. The van der Waals surface area contributed by atoms with Crippen LogP contribution in [0.2, 0.25) is 0 Å². The third-order valence-corrected chi connectivity index (χ3v) is 11.2. The molecule has 0 aliphatic heterocycles. The Balaban J connectivity index is 2.12. The van der Waals surface area contributed by atoms with Crippen LogP contribution in [0.1, 0.15) is 17.5 Å². The normalized spacial score (nSPS) is 10.9. The Hall–Kier alpha value is 1.49. The quantitative estimate of drug-likeness (QED) is 0.183. The van der Waals surface area contributed by atoms with E-state index in [2.05, 4.69) is 136 Å². The molecule has 152 valence electrons. The number of esters is 1. The van der Waals surface area contributed by atoms with Crippen molar-refractivity contribution in [1.29, 1.82) is 0 Å². The van der Waals surface area contributed by atoms with Crippen molar-refractivity contribution in [2.75, 3.05) is 22.9 Å². The van der Waals surface area contributed by atoms with Gasteiger partial charge in [0.1, 0.15) is 6.61 Å². The van der Waals surface area contributed by atoms with Gasteiger partial charge in [0.2, 0.25) is 0 Å². The van der Waals surface area contributed by atoms with Gasteiger partial charge in [-0.1, -0.05) is 0 Å². The second kappa shape index (κ2) is 10.9. The number of carbonyl (C=O) groups is 1. The minimum Gasteiger partial charge on any atom is -0.461 e. The van der Waals surface area contributed by atoms with E-state index in [9.17, 15) is 4.79 Å². The standard InChI is InChI=1S/C16H14I6N4O2/c17-7-4(8(18)14(24)11(21)13(7)23)1-2-6(27)28-3-5-9(19)15(25)12(22)16(26)10(5)20/h1-3,23-26H2. The highest BCUT2D eigenvalue weighted by Crippen LogP contribution is 2.37. The number of halogens is 6. The molecule has 2 rings (SSSR count). The third kappa shape index (κ3) is 5.45. The average Bonchev–Trinajstić information content (AvgIpc) is 2.67. The van der Waals surface area contributed by atoms with E-state index in [4.69, 9.17) is 27.7 Å². The summed E-state index contributed by atoms with van der Waals surface area (Å²) in [6.07, 6.45) is 0.736. The minimum atomic E-state index is -0.301. The first-order valence-corrected chi connectivity index (χ1v) is 14.0. The smallest absolute Gasteiger partial charge is 0.306 e. The van der Waals surface area contributed by atoms with Gasteiger partial charge >= 0.3 is 5.97 Å². The lowest BCUT2D eigenvalue weighted by molar-refractivity contribution is -0.144. The SMILES string of the molecule is Nc1c(I)c(N)c(I)c(CCC(=O)OCc2c(I)c(N)c(I)c(N)c2I)c1I. The summed E-state index contributed by atoms with van der Waals surface area (Å²) in [5, 5.41) is 0. The van der Waals surface area contributed by atoms with Gasteiger partial charge < -0.3 is 27.7 Å². The predicted molar refractivity (Wildman–Crippen MR) is 165 cm³/mol. The predicted octanol–water partition coefficient (Wildman–Crippen LogP) is 5.32. The number of benzene rings is 2. The number of rotatable bonds is 5. The summed E-state index contributed by atoms with van der Waals surface area (Å²) in [6.45, 7) is 0.131. The molecule has 0 saturated carbocycles. The Morgan fingerprint density at radius 2 is 1.00 bits per heavy atom. The number of nitrogen functional groups attached to an aromatic ring is 4. The van der Waals surface area contributed by atoms with Crippen LogP contribution < -0.4 is 22.9 Å². The summed E-state index contributed by atoms with van der Waals surface area (Å²) in [6, 6.07) is 0. The van der Waals surface area contributed by atoms with Crippen LogP contribution in [0.25, 0.3) is 0 Å². The van der Waals surface area contributed by atoms with Gasteiger partial charge in [0.25, 0.3) is 0 Å². The average molecular weight is 1060 g/mol. The molecular weight excluding hydrogens is 1040 g/mol. The van der Waals surface area contributed by atoms with Crippen LogP contribution in [0.3, 0.4) is 0 Å². The second-order valence-electron chi connectivity index (χ2n) is 5.66. The minimum absolute atomic E-state index is 0.131. The molecule has 0 aliphatic rings. The number of hydrogen-bond donors (Lipinski definition) is 4. The molecule has 0 radical (unpaired) electrons. The number of anilines is 4. The van der Waals surface area contributed by atoms with Gasteiger partial charge in [0, 0.05) is 26.3 Å². The number of hydrogen-bond acceptors (Lipinski definition) is 6. The molecule has 0 spiro atoms. The summed E-state index contributed by atoms with van der Waals surface area (Å²) >= 11 is 13.0. The van der Waals surface area contributed by atoms with Crippen molar-refractivity contribution in [3.63, 3.8) is 0 Å². The number of nitrogens with two attached hydrogens (primary N) is 4. The van der Waals surface area contributed by atoms with E-state index in [1.165, 1.54) is 0 Å². The van der Waals surface area contributed by atoms with Gasteiger partial charge in [0.05, 0.1) is 29.9 Å². The maximum atomic E-state index is 12.3. The summed E-state index contributed by atoms with van der Waals surface area (Å²) in [5.74, 6) is -0.301. The highest BCUT2D eigenvalue weighted by molar-refractivity contribution is 14.1. The molecule has 0 atom stereocenters. The van der Waals surface area contributed by atoms with Gasteiger partial charge in [0.15, 0.2) is 0 Å². The maximum Gasteiger partial charge on any atom is 0.306 e. The number of carbonyl (C=O) groups excluding carboxylic acids is 1. The molecule has 0 amide bonds. The van der Waals surface area contributed by atoms with E-state index in [0.29, 0.717) is 29.2 Å². The topological polar surface area (TPSA) is 130 Å². The van der Waals surface area contributed by atoms with Crippen molar-refractivity contribution in [3.05, 3.63) is 32.5 Å². The molecule has 28 heavy (non-hydrogen) atoms. The van der Waals surface area contributed by atoms with E-state index in [-0.39, 0.29) is 19.0 Å². The molecule has 0 aliphatic carbocycles. The Morgan fingerprint density at radius 1 is 0.643 bits per heavy atom. The molecule has 0 bridgehead atoms. The zero-order valence-corrected chi connectivity index (χ0v) is 27.0. The first-order valence-electron chi connectivity index (χ1n) is 7.55. The Labute approximate surface area is 244 Å². The molecular formula is C16H14I6N4O2. The van der Waals surface area contributed by atoms with Gasteiger partial charge in [-0.05, 0) is 148 Å². The van der Waals surface area contributed by atoms with E-state index >= 15 is 0 Å². The van der Waals surface area contributed by atoms with E-state index in [0.717, 1.165) is 32.5 Å². The fourth-order valence-electron chi connectivity index (χ4n) is 2.32. The molecule has 2 aromatic carbocycles. The number of ether oxygens (including phenoxy) is 1. The van der Waals surface area contributed by atoms with E-state index in [1.54, 1.807) is 0 Å². The molecule has 0 saturated heterocycles. The third-order valence-electron chi connectivity index (χ3n) is 3.91. The Bertz CT molecular complexity index is 834. The van der Waals surface area contributed by atoms with E-state index < -0.39 is 0 Å². The van der Waals surface area contributed by atoms with Crippen LogP contribution in [0, 0.1) is 21.4 Å². The first-order chi connectivity index (χ1) is 13.0.